The third kappa shape index (κ3) is 2.47. The zero-order chi connectivity index (χ0) is 13.0. The van der Waals surface area contributed by atoms with Gasteiger partial charge in [-0.3, -0.25) is 0 Å². The molecule has 18 heavy (non-hydrogen) atoms. The summed E-state index contributed by atoms with van der Waals surface area (Å²) < 4.78 is 11.2. The van der Waals surface area contributed by atoms with Crippen LogP contribution in [-0.2, 0) is 9.47 Å². The molecule has 96 valence electrons. The van der Waals surface area contributed by atoms with Gasteiger partial charge < -0.3 is 14.6 Å². The first-order valence-corrected chi connectivity index (χ1v) is 6.21. The van der Waals surface area contributed by atoms with Crippen molar-refractivity contribution in [2.45, 2.75) is 20.1 Å². The highest BCUT2D eigenvalue weighted by molar-refractivity contribution is 5.87. The number of aromatic hydroxyl groups is 1. The molecule has 0 radical (unpaired) electrons. The van der Waals surface area contributed by atoms with Crippen LogP contribution >= 0.6 is 0 Å². The minimum absolute atomic E-state index is 0.209. The first-order chi connectivity index (χ1) is 8.77. The van der Waals surface area contributed by atoms with E-state index in [-0.39, 0.29) is 5.75 Å². The van der Waals surface area contributed by atoms with Crippen LogP contribution in [0.4, 0.5) is 0 Å². The van der Waals surface area contributed by atoms with E-state index in [0.29, 0.717) is 18.8 Å². The summed E-state index contributed by atoms with van der Waals surface area (Å²) in [6.07, 6.45) is -0.522. The van der Waals surface area contributed by atoms with Crippen molar-refractivity contribution in [2.24, 2.45) is 0 Å². The largest absolute Gasteiger partial charge is 0.507 e. The second-order valence-electron chi connectivity index (χ2n) is 3.96. The second-order valence-corrected chi connectivity index (χ2v) is 3.96. The highest BCUT2D eigenvalue weighted by atomic mass is 16.7. The molecule has 2 aromatic carbocycles. The van der Waals surface area contributed by atoms with Crippen molar-refractivity contribution in [3.8, 4) is 5.75 Å². The van der Waals surface area contributed by atoms with Crippen LogP contribution in [0.3, 0.4) is 0 Å². The van der Waals surface area contributed by atoms with Crippen LogP contribution in [0.1, 0.15) is 25.7 Å². The lowest BCUT2D eigenvalue weighted by molar-refractivity contribution is -0.140. The average molecular weight is 246 g/mol. The Balaban J connectivity index is 2.55. The third-order valence-electron chi connectivity index (χ3n) is 2.82. The predicted molar refractivity (Wildman–Crippen MR) is 71.6 cm³/mol. The molecule has 0 spiro atoms. The summed E-state index contributed by atoms with van der Waals surface area (Å²) in [5.74, 6) is 0.209. The van der Waals surface area contributed by atoms with Crippen LogP contribution in [0.15, 0.2) is 36.4 Å². The van der Waals surface area contributed by atoms with Gasteiger partial charge in [0.2, 0.25) is 0 Å². The lowest BCUT2D eigenvalue weighted by atomic mass is 10.0. The predicted octanol–water partition coefficient (Wildman–Crippen LogP) is 3.62. The van der Waals surface area contributed by atoms with Gasteiger partial charge in [-0.2, -0.15) is 0 Å². The number of rotatable bonds is 5. The van der Waals surface area contributed by atoms with E-state index in [0.717, 1.165) is 10.8 Å². The van der Waals surface area contributed by atoms with Gasteiger partial charge in [-0.1, -0.05) is 30.3 Å². The quantitative estimate of drug-likeness (QED) is 0.819. The van der Waals surface area contributed by atoms with Crippen LogP contribution in [0.5, 0.6) is 5.75 Å². The van der Waals surface area contributed by atoms with Gasteiger partial charge in [0.25, 0.3) is 0 Å². The van der Waals surface area contributed by atoms with Crippen LogP contribution in [0.2, 0.25) is 0 Å². The summed E-state index contributed by atoms with van der Waals surface area (Å²) in [7, 11) is 0. The summed E-state index contributed by atoms with van der Waals surface area (Å²) in [4.78, 5) is 0. The molecule has 3 heteroatoms. The Morgan fingerprint density at radius 1 is 1.00 bits per heavy atom. The van der Waals surface area contributed by atoms with Crippen molar-refractivity contribution in [3.63, 3.8) is 0 Å². The molecule has 0 unspecified atom stereocenters. The average Bonchev–Trinajstić information content (AvgIpc) is 2.38. The molecule has 3 nitrogen and oxygen atoms in total. The van der Waals surface area contributed by atoms with E-state index in [4.69, 9.17) is 9.47 Å². The van der Waals surface area contributed by atoms with Crippen LogP contribution in [-0.4, -0.2) is 18.3 Å². The van der Waals surface area contributed by atoms with Gasteiger partial charge in [-0.25, -0.2) is 0 Å². The molecule has 0 aromatic heterocycles. The SMILES string of the molecule is CCOC(OCC)c1c(O)ccc2ccccc12. The number of fused-ring (bicyclic) bond motifs is 1. The molecule has 0 bridgehead atoms. The Kier molecular flexibility index (Phi) is 4.18. The molecule has 0 saturated carbocycles. The molecule has 0 aliphatic rings. The first kappa shape index (κ1) is 12.9. The van der Waals surface area contributed by atoms with E-state index in [1.807, 2.05) is 44.2 Å². The van der Waals surface area contributed by atoms with Crippen molar-refractivity contribution in [1.82, 2.24) is 0 Å². The molecule has 0 saturated heterocycles. The lowest BCUT2D eigenvalue weighted by Gasteiger charge is -2.20. The Labute approximate surface area is 107 Å². The van der Waals surface area contributed by atoms with E-state index in [1.54, 1.807) is 6.07 Å². The van der Waals surface area contributed by atoms with Crippen LogP contribution < -0.4 is 0 Å². The maximum atomic E-state index is 10.1. The number of phenols is 1. The van der Waals surface area contributed by atoms with Crippen LogP contribution in [0, 0.1) is 0 Å². The monoisotopic (exact) mass is 246 g/mol. The van der Waals surface area contributed by atoms with Crippen LogP contribution in [0.25, 0.3) is 10.8 Å². The number of ether oxygens (including phenoxy) is 2. The summed E-state index contributed by atoms with van der Waals surface area (Å²) in [6, 6.07) is 11.5. The van der Waals surface area contributed by atoms with Gasteiger partial charge in [0.1, 0.15) is 5.75 Å². The van der Waals surface area contributed by atoms with Gasteiger partial charge in [0.15, 0.2) is 6.29 Å². The molecule has 0 aliphatic carbocycles. The maximum absolute atomic E-state index is 10.1. The highest BCUT2D eigenvalue weighted by Crippen LogP contribution is 2.34. The highest BCUT2D eigenvalue weighted by Gasteiger charge is 2.18. The number of benzene rings is 2. The fourth-order valence-corrected chi connectivity index (χ4v) is 2.05. The van der Waals surface area contributed by atoms with Crippen molar-refractivity contribution in [2.75, 3.05) is 13.2 Å². The minimum Gasteiger partial charge on any atom is -0.507 e. The Hall–Kier alpha value is -1.58. The molecule has 0 heterocycles. The normalized spacial score (nSPS) is 11.3. The summed E-state index contributed by atoms with van der Waals surface area (Å²) in [5.41, 5.74) is 0.705. The summed E-state index contributed by atoms with van der Waals surface area (Å²) >= 11 is 0. The molecule has 2 aromatic rings. The van der Waals surface area contributed by atoms with E-state index >= 15 is 0 Å². The Bertz CT molecular complexity index is 516. The topological polar surface area (TPSA) is 38.7 Å². The summed E-state index contributed by atoms with van der Waals surface area (Å²) in [6.45, 7) is 4.89. The van der Waals surface area contributed by atoms with Gasteiger partial charge >= 0.3 is 0 Å². The van der Waals surface area contributed by atoms with Gasteiger partial charge in [0.05, 0.1) is 5.56 Å². The molecular weight excluding hydrogens is 228 g/mol. The summed E-state index contributed by atoms with van der Waals surface area (Å²) in [5, 5.41) is 12.1. The molecule has 0 amide bonds. The van der Waals surface area contributed by atoms with Gasteiger partial charge in [0, 0.05) is 13.2 Å². The first-order valence-electron chi connectivity index (χ1n) is 6.21. The number of hydrogen-bond donors (Lipinski definition) is 1. The van der Waals surface area contributed by atoms with E-state index in [2.05, 4.69) is 0 Å². The molecule has 2 rings (SSSR count). The second kappa shape index (κ2) is 5.85. The third-order valence-corrected chi connectivity index (χ3v) is 2.82. The molecule has 0 fully saturated rings. The Morgan fingerprint density at radius 2 is 1.67 bits per heavy atom. The van der Waals surface area contributed by atoms with Crippen molar-refractivity contribution in [3.05, 3.63) is 42.0 Å². The minimum atomic E-state index is -0.522. The zero-order valence-electron chi connectivity index (χ0n) is 10.7. The van der Waals surface area contributed by atoms with Gasteiger partial charge in [-0.15, -0.1) is 0 Å². The fraction of sp³-hybridized carbons (Fsp3) is 0.333. The van der Waals surface area contributed by atoms with Crippen molar-refractivity contribution >= 4 is 10.8 Å². The van der Waals surface area contributed by atoms with Gasteiger partial charge in [-0.05, 0) is 30.7 Å². The standard InChI is InChI=1S/C15H18O3/c1-3-17-15(18-4-2)14-12-8-6-5-7-11(12)9-10-13(14)16/h5-10,15-16H,3-4H2,1-2H3. The smallest absolute Gasteiger partial charge is 0.187 e. The van der Waals surface area contributed by atoms with Crippen molar-refractivity contribution in [1.29, 1.82) is 0 Å². The molecule has 0 aliphatic heterocycles. The molecular formula is C15H18O3. The fourth-order valence-electron chi connectivity index (χ4n) is 2.05. The van der Waals surface area contributed by atoms with E-state index in [9.17, 15) is 5.11 Å². The lowest BCUT2D eigenvalue weighted by Crippen LogP contribution is -2.09. The molecule has 1 N–H and O–H groups in total. The number of hydrogen-bond acceptors (Lipinski definition) is 3. The van der Waals surface area contributed by atoms with E-state index < -0.39 is 6.29 Å². The zero-order valence-corrected chi connectivity index (χ0v) is 10.7. The maximum Gasteiger partial charge on any atom is 0.187 e. The number of phenolic OH excluding ortho intramolecular Hbond substituents is 1. The van der Waals surface area contributed by atoms with Crippen molar-refractivity contribution < 1.29 is 14.6 Å². The Morgan fingerprint density at radius 3 is 2.33 bits per heavy atom. The molecule has 0 atom stereocenters. The van der Waals surface area contributed by atoms with E-state index in [1.165, 1.54) is 0 Å².